The number of nitrogens with one attached hydrogen (secondary N) is 2. The van der Waals surface area contributed by atoms with E-state index in [2.05, 4.69) is 44.7 Å². The van der Waals surface area contributed by atoms with Gasteiger partial charge in [0.2, 0.25) is 5.91 Å². The van der Waals surface area contributed by atoms with Crippen LogP contribution in [0.2, 0.25) is 0 Å². The summed E-state index contributed by atoms with van der Waals surface area (Å²) < 4.78 is 0. The van der Waals surface area contributed by atoms with Gasteiger partial charge >= 0.3 is 0 Å². The lowest BCUT2D eigenvalue weighted by atomic mass is 9.96. The van der Waals surface area contributed by atoms with Crippen molar-refractivity contribution in [3.8, 4) is 0 Å². The Morgan fingerprint density at radius 1 is 1.04 bits per heavy atom. The maximum absolute atomic E-state index is 12.8. The molecular formula is C21H25N5O2. The Morgan fingerprint density at radius 2 is 1.68 bits per heavy atom. The molecule has 146 valence electrons. The third-order valence-electron chi connectivity index (χ3n) is 5.63. The van der Waals surface area contributed by atoms with Crippen LogP contribution in [0.25, 0.3) is 0 Å². The first-order chi connectivity index (χ1) is 13.6. The SMILES string of the molecule is CN1CCC(C(=O)Nc2nccnc2C(=O)NC2Cc3ccccc3C2)CC1. The Hall–Kier alpha value is -2.80. The number of likely N-dealkylation sites (tertiary alicyclic amines) is 1. The Labute approximate surface area is 164 Å². The highest BCUT2D eigenvalue weighted by atomic mass is 16.2. The molecule has 0 radical (unpaired) electrons. The Morgan fingerprint density at radius 3 is 2.36 bits per heavy atom. The topological polar surface area (TPSA) is 87.2 Å². The molecule has 2 aromatic rings. The van der Waals surface area contributed by atoms with E-state index in [1.54, 1.807) is 0 Å². The average molecular weight is 379 g/mol. The van der Waals surface area contributed by atoms with E-state index >= 15 is 0 Å². The minimum Gasteiger partial charge on any atom is -0.347 e. The average Bonchev–Trinajstić information content (AvgIpc) is 3.11. The number of hydrogen-bond acceptors (Lipinski definition) is 5. The van der Waals surface area contributed by atoms with Crippen molar-refractivity contribution in [3.63, 3.8) is 0 Å². The molecule has 4 rings (SSSR count). The minimum atomic E-state index is -0.301. The van der Waals surface area contributed by atoms with Gasteiger partial charge in [-0.15, -0.1) is 0 Å². The predicted octanol–water partition coefficient (Wildman–Crippen LogP) is 1.65. The van der Waals surface area contributed by atoms with E-state index in [9.17, 15) is 9.59 Å². The molecule has 1 aromatic heterocycles. The molecule has 0 atom stereocenters. The summed E-state index contributed by atoms with van der Waals surface area (Å²) in [4.78, 5) is 36.0. The maximum Gasteiger partial charge on any atom is 0.273 e. The molecule has 0 unspecified atom stereocenters. The van der Waals surface area contributed by atoms with E-state index in [4.69, 9.17) is 0 Å². The zero-order valence-corrected chi connectivity index (χ0v) is 16.0. The van der Waals surface area contributed by atoms with Crippen molar-refractivity contribution < 1.29 is 9.59 Å². The lowest BCUT2D eigenvalue weighted by molar-refractivity contribution is -0.121. The monoisotopic (exact) mass is 379 g/mol. The first-order valence-corrected chi connectivity index (χ1v) is 9.78. The highest BCUT2D eigenvalue weighted by molar-refractivity contribution is 6.01. The van der Waals surface area contributed by atoms with Crippen molar-refractivity contribution in [2.24, 2.45) is 5.92 Å². The number of carbonyl (C=O) groups is 2. The van der Waals surface area contributed by atoms with Gasteiger partial charge in [0.15, 0.2) is 11.5 Å². The Balaban J connectivity index is 1.41. The van der Waals surface area contributed by atoms with Crippen LogP contribution in [0.1, 0.15) is 34.5 Å². The number of hydrogen-bond donors (Lipinski definition) is 2. The van der Waals surface area contributed by atoms with Crippen molar-refractivity contribution >= 4 is 17.6 Å². The van der Waals surface area contributed by atoms with E-state index < -0.39 is 0 Å². The summed E-state index contributed by atoms with van der Waals surface area (Å²) in [6, 6.07) is 8.25. The van der Waals surface area contributed by atoms with Crippen LogP contribution in [-0.2, 0) is 17.6 Å². The quantitative estimate of drug-likeness (QED) is 0.844. The molecule has 1 aromatic carbocycles. The Kier molecular flexibility index (Phi) is 5.34. The van der Waals surface area contributed by atoms with Crippen molar-refractivity contribution in [1.29, 1.82) is 0 Å². The lowest BCUT2D eigenvalue weighted by Crippen LogP contribution is -2.38. The number of carbonyl (C=O) groups excluding carboxylic acids is 2. The molecule has 2 aliphatic rings. The minimum absolute atomic E-state index is 0.0318. The zero-order valence-electron chi connectivity index (χ0n) is 16.0. The molecule has 1 saturated heterocycles. The summed E-state index contributed by atoms with van der Waals surface area (Å²) >= 11 is 0. The number of rotatable bonds is 4. The standard InChI is InChI=1S/C21H25N5O2/c1-26-10-6-14(7-11-26)20(27)25-19-18(22-8-9-23-19)21(28)24-17-12-15-4-2-3-5-16(15)13-17/h2-5,8-9,14,17H,6-7,10-13H2,1H3,(H,24,28)(H,23,25,27). The summed E-state index contributed by atoms with van der Waals surface area (Å²) in [6.45, 7) is 1.79. The second-order valence-corrected chi connectivity index (χ2v) is 7.67. The molecule has 1 aliphatic heterocycles. The highest BCUT2D eigenvalue weighted by Crippen LogP contribution is 2.23. The van der Waals surface area contributed by atoms with Crippen LogP contribution in [0, 0.1) is 5.92 Å². The van der Waals surface area contributed by atoms with E-state index in [0.29, 0.717) is 0 Å². The molecule has 7 nitrogen and oxygen atoms in total. The summed E-state index contributed by atoms with van der Waals surface area (Å²) in [6.07, 6.45) is 6.20. The first-order valence-electron chi connectivity index (χ1n) is 9.78. The van der Waals surface area contributed by atoms with Crippen molar-refractivity contribution in [3.05, 3.63) is 53.5 Å². The van der Waals surface area contributed by atoms with Gasteiger partial charge in [-0.3, -0.25) is 9.59 Å². The van der Waals surface area contributed by atoms with Gasteiger partial charge in [-0.1, -0.05) is 24.3 Å². The molecule has 0 bridgehead atoms. The van der Waals surface area contributed by atoms with Gasteiger partial charge in [-0.05, 0) is 56.9 Å². The molecule has 0 spiro atoms. The van der Waals surface area contributed by atoms with Crippen molar-refractivity contribution in [2.75, 3.05) is 25.5 Å². The van der Waals surface area contributed by atoms with E-state index in [1.807, 2.05) is 12.1 Å². The fourth-order valence-corrected chi connectivity index (χ4v) is 4.00. The molecule has 1 fully saturated rings. The van der Waals surface area contributed by atoms with Crippen LogP contribution in [0.3, 0.4) is 0 Å². The zero-order chi connectivity index (χ0) is 19.5. The molecule has 2 N–H and O–H groups in total. The third kappa shape index (κ3) is 4.04. The van der Waals surface area contributed by atoms with Gasteiger partial charge in [-0.2, -0.15) is 0 Å². The third-order valence-corrected chi connectivity index (χ3v) is 5.63. The Bertz CT molecular complexity index is 852. The van der Waals surface area contributed by atoms with Gasteiger partial charge in [0.05, 0.1) is 0 Å². The number of fused-ring (bicyclic) bond motifs is 1. The number of amides is 2. The summed E-state index contributed by atoms with van der Waals surface area (Å²) in [7, 11) is 2.06. The predicted molar refractivity (Wildman–Crippen MR) is 106 cm³/mol. The van der Waals surface area contributed by atoms with Gasteiger partial charge < -0.3 is 15.5 Å². The fraction of sp³-hybridized carbons (Fsp3) is 0.429. The number of benzene rings is 1. The number of anilines is 1. The molecule has 28 heavy (non-hydrogen) atoms. The molecule has 2 amide bonds. The van der Waals surface area contributed by atoms with Gasteiger partial charge in [0.1, 0.15) is 0 Å². The largest absolute Gasteiger partial charge is 0.347 e. The van der Waals surface area contributed by atoms with Gasteiger partial charge in [0.25, 0.3) is 5.91 Å². The van der Waals surface area contributed by atoms with E-state index in [0.717, 1.165) is 38.8 Å². The smallest absolute Gasteiger partial charge is 0.273 e. The number of piperidine rings is 1. The molecular weight excluding hydrogens is 354 g/mol. The fourth-order valence-electron chi connectivity index (χ4n) is 4.00. The molecule has 2 heterocycles. The van der Waals surface area contributed by atoms with Crippen molar-refractivity contribution in [2.45, 2.75) is 31.7 Å². The first kappa shape index (κ1) is 18.6. The number of aromatic nitrogens is 2. The van der Waals surface area contributed by atoms with Gasteiger partial charge in [0, 0.05) is 24.4 Å². The van der Waals surface area contributed by atoms with Crippen molar-refractivity contribution in [1.82, 2.24) is 20.2 Å². The van der Waals surface area contributed by atoms with Crippen LogP contribution >= 0.6 is 0 Å². The highest BCUT2D eigenvalue weighted by Gasteiger charge is 2.27. The second-order valence-electron chi connectivity index (χ2n) is 7.67. The summed E-state index contributed by atoms with van der Waals surface area (Å²) in [5.74, 6) is -0.210. The normalized spacial score (nSPS) is 17.9. The maximum atomic E-state index is 12.8. The van der Waals surface area contributed by atoms with Crippen LogP contribution in [0.4, 0.5) is 5.82 Å². The summed E-state index contributed by atoms with van der Waals surface area (Å²) in [5, 5.41) is 5.87. The van der Waals surface area contributed by atoms with Crippen LogP contribution in [0.15, 0.2) is 36.7 Å². The van der Waals surface area contributed by atoms with Crippen LogP contribution in [0.5, 0.6) is 0 Å². The van der Waals surface area contributed by atoms with Crippen LogP contribution < -0.4 is 10.6 Å². The van der Waals surface area contributed by atoms with E-state index in [-0.39, 0.29) is 35.3 Å². The second kappa shape index (κ2) is 8.06. The van der Waals surface area contributed by atoms with E-state index in [1.165, 1.54) is 23.5 Å². The van der Waals surface area contributed by atoms with Crippen LogP contribution in [-0.4, -0.2) is 52.9 Å². The molecule has 0 saturated carbocycles. The lowest BCUT2D eigenvalue weighted by Gasteiger charge is -2.28. The summed E-state index contributed by atoms with van der Waals surface area (Å²) in [5.41, 5.74) is 2.70. The number of nitrogens with zero attached hydrogens (tertiary/aromatic N) is 3. The van der Waals surface area contributed by atoms with Gasteiger partial charge in [-0.25, -0.2) is 9.97 Å². The molecule has 1 aliphatic carbocycles. The molecule has 7 heteroatoms.